The molecule has 1 spiro atoms. The summed E-state index contributed by atoms with van der Waals surface area (Å²) in [4.78, 5) is 12.5. The predicted molar refractivity (Wildman–Crippen MR) is 93.3 cm³/mol. The highest BCUT2D eigenvalue weighted by atomic mass is 16.5. The minimum absolute atomic E-state index is 0.0725. The monoisotopic (exact) mass is 316 g/mol. The van der Waals surface area contributed by atoms with Gasteiger partial charge in [0.1, 0.15) is 5.75 Å². The quantitative estimate of drug-likeness (QED) is 0.864. The molecule has 0 aliphatic heterocycles. The number of hydrogen-bond donors (Lipinski definition) is 2. The van der Waals surface area contributed by atoms with E-state index in [0.717, 1.165) is 34.5 Å². The second kappa shape index (κ2) is 6.06. The predicted octanol–water partition coefficient (Wildman–Crippen LogP) is 4.46. The molecule has 126 valence electrons. The molecular formula is C19H28N2O2. The van der Waals surface area contributed by atoms with Crippen LogP contribution in [-0.4, -0.2) is 19.2 Å². The van der Waals surface area contributed by atoms with Gasteiger partial charge in [0, 0.05) is 11.7 Å². The lowest BCUT2D eigenvalue weighted by Crippen LogP contribution is -2.54. The van der Waals surface area contributed by atoms with Gasteiger partial charge < -0.3 is 15.4 Å². The lowest BCUT2D eigenvalue weighted by atomic mass is 9.63. The van der Waals surface area contributed by atoms with Gasteiger partial charge in [0.05, 0.1) is 7.11 Å². The van der Waals surface area contributed by atoms with E-state index < -0.39 is 0 Å². The molecule has 2 N–H and O–H groups in total. The smallest absolute Gasteiger partial charge is 0.319 e. The van der Waals surface area contributed by atoms with Crippen LogP contribution in [0, 0.1) is 26.2 Å². The third kappa shape index (κ3) is 2.79. The van der Waals surface area contributed by atoms with Crippen LogP contribution in [0.5, 0.6) is 5.75 Å². The Balaban J connectivity index is 1.70. The maximum Gasteiger partial charge on any atom is 0.319 e. The molecule has 3 rings (SSSR count). The summed E-state index contributed by atoms with van der Waals surface area (Å²) < 4.78 is 5.39. The third-order valence-electron chi connectivity index (χ3n) is 6.08. The lowest BCUT2D eigenvalue weighted by molar-refractivity contribution is 0.0811. The number of methoxy groups -OCH3 is 1. The Labute approximate surface area is 139 Å². The maximum absolute atomic E-state index is 12.5. The number of anilines is 1. The van der Waals surface area contributed by atoms with Gasteiger partial charge in [0.25, 0.3) is 0 Å². The first-order chi connectivity index (χ1) is 11.0. The van der Waals surface area contributed by atoms with Crippen molar-refractivity contribution in [1.82, 2.24) is 5.32 Å². The number of hydrogen-bond acceptors (Lipinski definition) is 2. The molecule has 0 aromatic heterocycles. The largest absolute Gasteiger partial charge is 0.496 e. The number of nitrogens with one attached hydrogen (secondary N) is 2. The van der Waals surface area contributed by atoms with Crippen LogP contribution in [0.15, 0.2) is 6.07 Å². The molecule has 2 aliphatic rings. The molecule has 2 amide bonds. The number of rotatable bonds is 3. The van der Waals surface area contributed by atoms with E-state index in [0.29, 0.717) is 11.5 Å². The summed E-state index contributed by atoms with van der Waals surface area (Å²) in [7, 11) is 1.68. The Kier molecular flexibility index (Phi) is 4.26. The van der Waals surface area contributed by atoms with E-state index in [4.69, 9.17) is 4.74 Å². The highest BCUT2D eigenvalue weighted by Gasteiger charge is 2.48. The van der Waals surface area contributed by atoms with Crippen molar-refractivity contribution in [2.24, 2.45) is 5.41 Å². The van der Waals surface area contributed by atoms with Gasteiger partial charge in [-0.25, -0.2) is 4.79 Å². The molecular weight excluding hydrogens is 288 g/mol. The molecule has 1 aromatic rings. The normalized spacial score (nSPS) is 21.8. The Morgan fingerprint density at radius 3 is 2.43 bits per heavy atom. The topological polar surface area (TPSA) is 50.4 Å². The van der Waals surface area contributed by atoms with Crippen molar-refractivity contribution in [1.29, 1.82) is 0 Å². The van der Waals surface area contributed by atoms with Crippen LogP contribution in [0.4, 0.5) is 10.5 Å². The van der Waals surface area contributed by atoms with Crippen LogP contribution < -0.4 is 15.4 Å². The van der Waals surface area contributed by atoms with Crippen LogP contribution in [-0.2, 0) is 0 Å². The maximum atomic E-state index is 12.5. The fourth-order valence-electron chi connectivity index (χ4n) is 4.36. The van der Waals surface area contributed by atoms with Crippen LogP contribution >= 0.6 is 0 Å². The molecule has 1 aromatic carbocycles. The molecule has 4 nitrogen and oxygen atoms in total. The standard InChI is InChI=1S/C19H28N2O2/c1-12-11-15(23-4)13(2)14(3)17(12)21-18(22)20-16-7-10-19(16)8-5-6-9-19/h11,16H,5-10H2,1-4H3,(H2,20,21,22). The summed E-state index contributed by atoms with van der Waals surface area (Å²) in [6.45, 7) is 6.06. The van der Waals surface area contributed by atoms with E-state index in [9.17, 15) is 4.79 Å². The van der Waals surface area contributed by atoms with E-state index in [1.54, 1.807) is 7.11 Å². The number of amides is 2. The lowest BCUT2D eigenvalue weighted by Gasteiger charge is -2.47. The van der Waals surface area contributed by atoms with Gasteiger partial charge in [-0.1, -0.05) is 12.8 Å². The van der Waals surface area contributed by atoms with Crippen molar-refractivity contribution in [3.8, 4) is 5.75 Å². The number of carbonyl (C=O) groups excluding carboxylic acids is 1. The molecule has 0 saturated heterocycles. The molecule has 0 heterocycles. The van der Waals surface area contributed by atoms with E-state index in [1.807, 2.05) is 26.8 Å². The van der Waals surface area contributed by atoms with Crippen LogP contribution in [0.25, 0.3) is 0 Å². The van der Waals surface area contributed by atoms with Crippen LogP contribution in [0.2, 0.25) is 0 Å². The summed E-state index contributed by atoms with van der Waals surface area (Å²) in [6.07, 6.45) is 7.57. The van der Waals surface area contributed by atoms with Gasteiger partial charge in [-0.2, -0.15) is 0 Å². The van der Waals surface area contributed by atoms with Crippen LogP contribution in [0.1, 0.15) is 55.2 Å². The van der Waals surface area contributed by atoms with Crippen molar-refractivity contribution >= 4 is 11.7 Å². The van der Waals surface area contributed by atoms with Crippen molar-refractivity contribution in [2.45, 2.75) is 65.3 Å². The zero-order chi connectivity index (χ0) is 16.6. The number of aryl methyl sites for hydroxylation is 1. The number of benzene rings is 1. The molecule has 23 heavy (non-hydrogen) atoms. The molecule has 2 fully saturated rings. The average molecular weight is 316 g/mol. The summed E-state index contributed by atoms with van der Waals surface area (Å²) in [5, 5.41) is 6.29. The molecule has 0 bridgehead atoms. The molecule has 1 unspecified atom stereocenters. The highest BCUT2D eigenvalue weighted by Crippen LogP contribution is 2.53. The SMILES string of the molecule is COc1cc(C)c(NC(=O)NC2CCC23CCCC3)c(C)c1C. The minimum atomic E-state index is -0.0725. The Bertz CT molecular complexity index is 618. The van der Waals surface area contributed by atoms with Gasteiger partial charge >= 0.3 is 6.03 Å². The number of urea groups is 1. The van der Waals surface area contributed by atoms with Gasteiger partial charge in [-0.05, 0) is 74.6 Å². The zero-order valence-corrected chi connectivity index (χ0v) is 14.7. The van der Waals surface area contributed by atoms with Gasteiger partial charge in [0.15, 0.2) is 0 Å². The second-order valence-corrected chi connectivity index (χ2v) is 7.28. The summed E-state index contributed by atoms with van der Waals surface area (Å²) in [6, 6.07) is 2.27. The van der Waals surface area contributed by atoms with Crippen molar-refractivity contribution < 1.29 is 9.53 Å². The van der Waals surface area contributed by atoms with Gasteiger partial charge in [-0.15, -0.1) is 0 Å². The fraction of sp³-hybridized carbons (Fsp3) is 0.632. The molecule has 2 saturated carbocycles. The zero-order valence-electron chi connectivity index (χ0n) is 14.7. The number of ether oxygens (including phenoxy) is 1. The van der Waals surface area contributed by atoms with Gasteiger partial charge in [0.2, 0.25) is 0 Å². The van der Waals surface area contributed by atoms with Gasteiger partial charge in [-0.3, -0.25) is 0 Å². The highest BCUT2D eigenvalue weighted by molar-refractivity contribution is 5.91. The van der Waals surface area contributed by atoms with E-state index in [1.165, 1.54) is 32.1 Å². The van der Waals surface area contributed by atoms with E-state index in [-0.39, 0.29) is 6.03 Å². The van der Waals surface area contributed by atoms with Crippen LogP contribution in [0.3, 0.4) is 0 Å². The van der Waals surface area contributed by atoms with Crippen molar-refractivity contribution in [2.75, 3.05) is 12.4 Å². The molecule has 0 radical (unpaired) electrons. The Morgan fingerprint density at radius 1 is 1.17 bits per heavy atom. The first kappa shape index (κ1) is 16.2. The molecule has 1 atom stereocenters. The third-order valence-corrected chi connectivity index (χ3v) is 6.08. The summed E-state index contributed by atoms with van der Waals surface area (Å²) in [5.41, 5.74) is 4.48. The molecule has 2 aliphatic carbocycles. The van der Waals surface area contributed by atoms with E-state index in [2.05, 4.69) is 10.6 Å². The first-order valence-electron chi connectivity index (χ1n) is 8.69. The molecule has 4 heteroatoms. The Hall–Kier alpha value is -1.71. The second-order valence-electron chi connectivity index (χ2n) is 7.28. The number of carbonyl (C=O) groups is 1. The van der Waals surface area contributed by atoms with Crippen molar-refractivity contribution in [3.05, 3.63) is 22.8 Å². The average Bonchev–Trinajstić information content (AvgIpc) is 3.04. The summed E-state index contributed by atoms with van der Waals surface area (Å²) >= 11 is 0. The first-order valence-corrected chi connectivity index (χ1v) is 8.69. The summed E-state index contributed by atoms with van der Waals surface area (Å²) in [5.74, 6) is 0.870. The fourth-order valence-corrected chi connectivity index (χ4v) is 4.36. The van der Waals surface area contributed by atoms with Crippen molar-refractivity contribution in [3.63, 3.8) is 0 Å². The minimum Gasteiger partial charge on any atom is -0.496 e. The Morgan fingerprint density at radius 2 is 1.87 bits per heavy atom. The van der Waals surface area contributed by atoms with E-state index >= 15 is 0 Å².